The van der Waals surface area contributed by atoms with Crippen molar-refractivity contribution < 1.29 is 10.3 Å². The minimum Gasteiger partial charge on any atom is -0.411 e. The molecule has 2 unspecified atom stereocenters. The molecule has 0 heterocycles. The standard InChI is InChI=1S/C13H21NO2/c15-13-7-2-1-5-10(13)8-9-4-3-6-11(13)12(9)14-16/h9-11,15-16H,1-8H2/b14-12+/t9?,10?,11-,13-/m1/s1. The summed E-state index contributed by atoms with van der Waals surface area (Å²) in [5, 5.41) is 23.6. The minimum atomic E-state index is -0.545. The first-order valence-electron chi connectivity index (χ1n) is 6.70. The largest absolute Gasteiger partial charge is 0.411 e. The summed E-state index contributed by atoms with van der Waals surface area (Å²) >= 11 is 0. The molecule has 3 fully saturated rings. The second kappa shape index (κ2) is 3.73. The molecule has 0 aromatic rings. The van der Waals surface area contributed by atoms with E-state index in [1.807, 2.05) is 0 Å². The van der Waals surface area contributed by atoms with Crippen LogP contribution in [0.3, 0.4) is 0 Å². The van der Waals surface area contributed by atoms with Gasteiger partial charge in [0.05, 0.1) is 11.3 Å². The van der Waals surface area contributed by atoms with Crippen LogP contribution in [0.15, 0.2) is 5.16 Å². The van der Waals surface area contributed by atoms with Crippen molar-refractivity contribution >= 4 is 5.71 Å². The molecule has 0 aromatic carbocycles. The van der Waals surface area contributed by atoms with Crippen molar-refractivity contribution in [2.45, 2.75) is 57.0 Å². The Balaban J connectivity index is 1.96. The SMILES string of the molecule is O/N=C1\C2CCC[C@H]1[C@@]1(O)CCCCC1C2. The summed E-state index contributed by atoms with van der Waals surface area (Å²) in [5.74, 6) is 1.06. The maximum Gasteiger partial charge on any atom is 0.0757 e. The number of hydrogen-bond acceptors (Lipinski definition) is 3. The van der Waals surface area contributed by atoms with Gasteiger partial charge in [0.15, 0.2) is 0 Å². The summed E-state index contributed by atoms with van der Waals surface area (Å²) < 4.78 is 0. The zero-order chi connectivity index (χ0) is 11.2. The lowest BCUT2D eigenvalue weighted by Gasteiger charge is -2.53. The molecule has 0 saturated heterocycles. The highest BCUT2D eigenvalue weighted by Gasteiger charge is 2.54. The van der Waals surface area contributed by atoms with Crippen LogP contribution in [0.1, 0.15) is 51.4 Å². The molecule has 3 heteroatoms. The van der Waals surface area contributed by atoms with Crippen molar-refractivity contribution in [1.29, 1.82) is 0 Å². The fourth-order valence-corrected chi connectivity index (χ4v) is 4.42. The molecule has 0 aromatic heterocycles. The molecule has 0 aliphatic heterocycles. The quantitative estimate of drug-likeness (QED) is 0.490. The second-order valence-corrected chi connectivity index (χ2v) is 5.87. The Labute approximate surface area is 96.5 Å². The van der Waals surface area contributed by atoms with Gasteiger partial charge >= 0.3 is 0 Å². The van der Waals surface area contributed by atoms with E-state index in [1.54, 1.807) is 0 Å². The van der Waals surface area contributed by atoms with E-state index in [0.29, 0.717) is 11.8 Å². The van der Waals surface area contributed by atoms with Gasteiger partial charge in [0, 0.05) is 11.8 Å². The van der Waals surface area contributed by atoms with Gasteiger partial charge in [-0.3, -0.25) is 0 Å². The summed E-state index contributed by atoms with van der Waals surface area (Å²) in [6.45, 7) is 0. The van der Waals surface area contributed by atoms with E-state index in [1.165, 1.54) is 19.3 Å². The molecule has 90 valence electrons. The van der Waals surface area contributed by atoms with Gasteiger partial charge in [-0.1, -0.05) is 24.4 Å². The Hall–Kier alpha value is -0.570. The molecule has 4 atom stereocenters. The smallest absolute Gasteiger partial charge is 0.0757 e. The van der Waals surface area contributed by atoms with Crippen LogP contribution in [-0.2, 0) is 0 Å². The van der Waals surface area contributed by atoms with Crippen LogP contribution in [-0.4, -0.2) is 21.6 Å². The predicted octanol–water partition coefficient (Wildman–Crippen LogP) is 2.56. The lowest BCUT2D eigenvalue weighted by Crippen LogP contribution is -2.57. The van der Waals surface area contributed by atoms with Crippen LogP contribution in [0.5, 0.6) is 0 Å². The van der Waals surface area contributed by atoms with Crippen LogP contribution >= 0.6 is 0 Å². The molecule has 2 N–H and O–H groups in total. The summed E-state index contributed by atoms with van der Waals surface area (Å²) in [6.07, 6.45) is 8.88. The van der Waals surface area contributed by atoms with Crippen LogP contribution < -0.4 is 0 Å². The van der Waals surface area contributed by atoms with Gasteiger partial charge in [0.25, 0.3) is 0 Å². The number of aliphatic hydroxyl groups is 1. The molecule has 0 radical (unpaired) electrons. The van der Waals surface area contributed by atoms with Crippen molar-refractivity contribution in [1.82, 2.24) is 0 Å². The first-order chi connectivity index (χ1) is 7.75. The summed E-state index contributed by atoms with van der Waals surface area (Å²) in [7, 11) is 0. The van der Waals surface area contributed by atoms with Crippen LogP contribution in [0.25, 0.3) is 0 Å². The fourth-order valence-electron chi connectivity index (χ4n) is 4.42. The van der Waals surface area contributed by atoms with E-state index < -0.39 is 5.60 Å². The maximum atomic E-state index is 10.9. The van der Waals surface area contributed by atoms with E-state index in [0.717, 1.165) is 37.8 Å². The monoisotopic (exact) mass is 223 g/mol. The highest BCUT2D eigenvalue weighted by Crippen LogP contribution is 2.52. The molecule has 16 heavy (non-hydrogen) atoms. The zero-order valence-corrected chi connectivity index (χ0v) is 9.73. The van der Waals surface area contributed by atoms with Gasteiger partial charge in [0.2, 0.25) is 0 Å². The van der Waals surface area contributed by atoms with E-state index >= 15 is 0 Å². The van der Waals surface area contributed by atoms with Gasteiger partial charge in [-0.2, -0.15) is 0 Å². The molecule has 2 bridgehead atoms. The molecule has 3 nitrogen and oxygen atoms in total. The molecular weight excluding hydrogens is 202 g/mol. The van der Waals surface area contributed by atoms with E-state index in [-0.39, 0.29) is 5.92 Å². The first kappa shape index (κ1) is 10.6. The molecule has 3 aliphatic carbocycles. The predicted molar refractivity (Wildman–Crippen MR) is 61.6 cm³/mol. The summed E-state index contributed by atoms with van der Waals surface area (Å²) in [6, 6.07) is 0. The normalized spacial score (nSPS) is 50.1. The summed E-state index contributed by atoms with van der Waals surface area (Å²) in [4.78, 5) is 0. The number of oxime groups is 1. The van der Waals surface area contributed by atoms with Crippen LogP contribution in [0.4, 0.5) is 0 Å². The van der Waals surface area contributed by atoms with Crippen molar-refractivity contribution in [3.63, 3.8) is 0 Å². The topological polar surface area (TPSA) is 52.8 Å². The second-order valence-electron chi connectivity index (χ2n) is 5.87. The van der Waals surface area contributed by atoms with E-state index in [4.69, 9.17) is 0 Å². The van der Waals surface area contributed by atoms with Gasteiger partial charge in [0.1, 0.15) is 0 Å². The molecule has 0 spiro atoms. The molecular formula is C13H21NO2. The average molecular weight is 223 g/mol. The van der Waals surface area contributed by atoms with Crippen molar-refractivity contribution in [3.8, 4) is 0 Å². The van der Waals surface area contributed by atoms with E-state index in [9.17, 15) is 10.3 Å². The van der Waals surface area contributed by atoms with Crippen molar-refractivity contribution in [2.24, 2.45) is 22.9 Å². The highest BCUT2D eigenvalue weighted by atomic mass is 16.4. The maximum absolute atomic E-state index is 10.9. The van der Waals surface area contributed by atoms with Gasteiger partial charge < -0.3 is 10.3 Å². The van der Waals surface area contributed by atoms with Gasteiger partial charge in [-0.05, 0) is 38.0 Å². The lowest BCUT2D eigenvalue weighted by molar-refractivity contribution is -0.102. The minimum absolute atomic E-state index is 0.148. The van der Waals surface area contributed by atoms with Crippen molar-refractivity contribution in [3.05, 3.63) is 0 Å². The first-order valence-corrected chi connectivity index (χ1v) is 6.70. The van der Waals surface area contributed by atoms with Gasteiger partial charge in [-0.25, -0.2) is 0 Å². The molecule has 0 amide bonds. The van der Waals surface area contributed by atoms with Gasteiger partial charge in [-0.15, -0.1) is 0 Å². The third-order valence-corrected chi connectivity index (χ3v) is 5.20. The number of nitrogens with zero attached hydrogens (tertiary/aromatic N) is 1. The zero-order valence-electron chi connectivity index (χ0n) is 9.73. The Morgan fingerprint density at radius 3 is 2.81 bits per heavy atom. The molecule has 3 aliphatic rings. The number of hydrogen-bond donors (Lipinski definition) is 2. The lowest BCUT2D eigenvalue weighted by atomic mass is 9.54. The Morgan fingerprint density at radius 2 is 2.00 bits per heavy atom. The Morgan fingerprint density at radius 1 is 1.12 bits per heavy atom. The average Bonchev–Trinajstić information content (AvgIpc) is 2.30. The van der Waals surface area contributed by atoms with Crippen LogP contribution in [0, 0.1) is 17.8 Å². The Kier molecular flexibility index (Phi) is 2.46. The highest BCUT2D eigenvalue weighted by molar-refractivity contribution is 5.91. The van der Waals surface area contributed by atoms with E-state index in [2.05, 4.69) is 5.16 Å². The third-order valence-electron chi connectivity index (χ3n) is 5.20. The number of rotatable bonds is 0. The van der Waals surface area contributed by atoms with Crippen LogP contribution in [0.2, 0.25) is 0 Å². The fraction of sp³-hybridized carbons (Fsp3) is 0.923. The summed E-state index contributed by atoms with van der Waals surface area (Å²) in [5.41, 5.74) is 0.364. The third kappa shape index (κ3) is 1.33. The number of fused-ring (bicyclic) bond motifs is 4. The molecule has 3 saturated carbocycles. The van der Waals surface area contributed by atoms with Crippen molar-refractivity contribution in [2.75, 3.05) is 0 Å². The Bertz CT molecular complexity index is 315. The molecule has 3 rings (SSSR count).